The molecule has 0 amide bonds. The minimum Gasteiger partial charge on any atom is -0.491 e. The Labute approximate surface area is 278 Å². The Morgan fingerprint density at radius 1 is 0.844 bits per heavy atom. The first kappa shape index (κ1) is 39.3. The van der Waals surface area contributed by atoms with Crippen LogP contribution in [-0.2, 0) is 11.8 Å². The van der Waals surface area contributed by atoms with Crippen LogP contribution in [0.1, 0.15) is 160 Å². The first-order chi connectivity index (χ1) is 21.5. The van der Waals surface area contributed by atoms with Gasteiger partial charge in [-0.3, -0.25) is 0 Å². The molecule has 0 bridgehead atoms. The summed E-state index contributed by atoms with van der Waals surface area (Å²) in [5, 5.41) is 19.0. The number of benzene rings is 2. The number of aliphatic hydroxyl groups is 2. The number of unbranched alkanes of at least 4 members (excludes halogenated alkanes) is 3. The molecule has 2 aromatic carbocycles. The third-order valence-electron chi connectivity index (χ3n) is 11.0. The monoisotopic (exact) mass is 623 g/mol. The number of ether oxygens (including phenoxy) is 1. The molecule has 2 atom stereocenters. The van der Waals surface area contributed by atoms with E-state index in [9.17, 15) is 5.11 Å². The summed E-state index contributed by atoms with van der Waals surface area (Å²) in [5.41, 5.74) is 7.02. The summed E-state index contributed by atoms with van der Waals surface area (Å²) in [4.78, 5) is 0. The molecular weight excluding hydrogens is 552 g/mol. The minimum absolute atomic E-state index is 0.0354. The van der Waals surface area contributed by atoms with E-state index in [1.807, 2.05) is 6.07 Å². The van der Waals surface area contributed by atoms with Gasteiger partial charge in [0.2, 0.25) is 0 Å². The fraction of sp³-hybridized carbons (Fsp3) is 0.714. The first-order valence-corrected chi connectivity index (χ1v) is 18.6. The number of aliphatic hydroxyl groups excluding tert-OH is 2. The second kappa shape index (κ2) is 19.7. The molecule has 3 nitrogen and oxygen atoms in total. The lowest BCUT2D eigenvalue weighted by atomic mass is 9.69. The van der Waals surface area contributed by atoms with Crippen molar-refractivity contribution in [2.24, 2.45) is 17.3 Å². The molecule has 3 rings (SSSR count). The van der Waals surface area contributed by atoms with Crippen LogP contribution in [0.25, 0.3) is 0 Å². The lowest BCUT2D eigenvalue weighted by Gasteiger charge is -2.35. The fourth-order valence-corrected chi connectivity index (χ4v) is 6.87. The molecule has 1 saturated carbocycles. The second-order valence-corrected chi connectivity index (χ2v) is 14.9. The maximum absolute atomic E-state index is 9.93. The molecule has 256 valence electrons. The van der Waals surface area contributed by atoms with E-state index >= 15 is 0 Å². The van der Waals surface area contributed by atoms with Crippen molar-refractivity contribution in [2.75, 3.05) is 13.2 Å². The zero-order chi connectivity index (χ0) is 33.5. The maximum Gasteiger partial charge on any atom is 0.122 e. The van der Waals surface area contributed by atoms with Gasteiger partial charge in [-0.2, -0.15) is 0 Å². The summed E-state index contributed by atoms with van der Waals surface area (Å²) in [6, 6.07) is 13.7. The highest BCUT2D eigenvalue weighted by molar-refractivity contribution is 5.47. The van der Waals surface area contributed by atoms with Gasteiger partial charge in [0.05, 0.1) is 6.10 Å². The van der Waals surface area contributed by atoms with Gasteiger partial charge in [0.15, 0.2) is 0 Å². The Hall–Kier alpha value is -1.84. The van der Waals surface area contributed by atoms with Crippen LogP contribution in [0.5, 0.6) is 5.75 Å². The topological polar surface area (TPSA) is 49.7 Å². The number of hydrogen-bond donors (Lipinski definition) is 2. The summed E-state index contributed by atoms with van der Waals surface area (Å²) >= 11 is 0. The standard InChI is InChI=1S/C36H58O3.C6H12/c1-9-12-13-14-22-35(7,8)29(6)15-16-30-17-18-31(24-27(30)4)36(10-2,11-3)32-19-20-34(28(5)25-32)39-26-33(38)21-23-37;1-2-3-6-4-5-6/h17-20,24-25,29,33,37-38H,9-16,21-23,26H2,1-8H3;6H,2-5H2,1H3. The Morgan fingerprint density at radius 2 is 1.49 bits per heavy atom. The number of hydrogen-bond acceptors (Lipinski definition) is 3. The van der Waals surface area contributed by atoms with Gasteiger partial charge in [-0.1, -0.05) is 130 Å². The first-order valence-electron chi connectivity index (χ1n) is 18.6. The highest BCUT2D eigenvalue weighted by atomic mass is 16.5. The predicted molar refractivity (Wildman–Crippen MR) is 195 cm³/mol. The molecule has 0 heterocycles. The lowest BCUT2D eigenvalue weighted by Crippen LogP contribution is -2.26. The molecule has 1 aliphatic rings. The SMILES string of the molecule is CCCC1CC1.CCCCCCC(C)(C)C(C)CCc1ccc(C(CC)(CC)c2ccc(OCC(O)CCO)c(C)c2)cc1C. The highest BCUT2D eigenvalue weighted by Crippen LogP contribution is 2.41. The van der Waals surface area contributed by atoms with Crippen molar-refractivity contribution in [3.63, 3.8) is 0 Å². The van der Waals surface area contributed by atoms with Crippen LogP contribution in [0.3, 0.4) is 0 Å². The molecular formula is C42H70O3. The molecule has 1 fully saturated rings. The van der Waals surface area contributed by atoms with Gasteiger partial charge in [-0.25, -0.2) is 0 Å². The highest BCUT2D eigenvalue weighted by Gasteiger charge is 2.32. The van der Waals surface area contributed by atoms with Crippen LogP contribution in [0.2, 0.25) is 0 Å². The van der Waals surface area contributed by atoms with E-state index < -0.39 is 6.10 Å². The van der Waals surface area contributed by atoms with E-state index in [-0.39, 0.29) is 18.6 Å². The number of rotatable bonds is 20. The molecule has 0 aliphatic heterocycles. The maximum atomic E-state index is 9.93. The Balaban J connectivity index is 0.00000105. The van der Waals surface area contributed by atoms with Gasteiger partial charge in [0.25, 0.3) is 0 Å². The van der Waals surface area contributed by atoms with Gasteiger partial charge in [0, 0.05) is 12.0 Å². The van der Waals surface area contributed by atoms with Gasteiger partial charge in [-0.15, -0.1) is 0 Å². The lowest BCUT2D eigenvalue weighted by molar-refractivity contribution is 0.0819. The van der Waals surface area contributed by atoms with Gasteiger partial charge in [-0.05, 0) is 104 Å². The quantitative estimate of drug-likeness (QED) is 0.144. The average Bonchev–Trinajstić information content (AvgIpc) is 3.84. The van der Waals surface area contributed by atoms with Crippen LogP contribution in [0.15, 0.2) is 36.4 Å². The van der Waals surface area contributed by atoms with E-state index in [1.54, 1.807) is 0 Å². The minimum atomic E-state index is -0.652. The van der Waals surface area contributed by atoms with Crippen molar-refractivity contribution in [3.05, 3.63) is 64.2 Å². The van der Waals surface area contributed by atoms with Crippen LogP contribution < -0.4 is 4.74 Å². The van der Waals surface area contributed by atoms with Crippen LogP contribution in [0.4, 0.5) is 0 Å². The van der Waals surface area contributed by atoms with Crippen LogP contribution >= 0.6 is 0 Å². The smallest absolute Gasteiger partial charge is 0.122 e. The van der Waals surface area contributed by atoms with Crippen molar-refractivity contribution in [3.8, 4) is 5.75 Å². The molecule has 0 aromatic heterocycles. The molecule has 0 saturated heterocycles. The molecule has 2 unspecified atom stereocenters. The third-order valence-corrected chi connectivity index (χ3v) is 11.0. The zero-order valence-corrected chi connectivity index (χ0v) is 30.8. The molecule has 1 aliphatic carbocycles. The van der Waals surface area contributed by atoms with Crippen molar-refractivity contribution < 1.29 is 14.9 Å². The summed E-state index contributed by atoms with van der Waals surface area (Å²) < 4.78 is 5.87. The Kier molecular flexibility index (Phi) is 17.3. The van der Waals surface area contributed by atoms with E-state index in [2.05, 4.69) is 92.6 Å². The average molecular weight is 623 g/mol. The predicted octanol–water partition coefficient (Wildman–Crippen LogP) is 11.3. The zero-order valence-electron chi connectivity index (χ0n) is 30.8. The summed E-state index contributed by atoms with van der Waals surface area (Å²) in [6.45, 7) is 21.0. The Morgan fingerprint density at radius 3 is 2.00 bits per heavy atom. The largest absolute Gasteiger partial charge is 0.491 e. The molecule has 0 radical (unpaired) electrons. The third kappa shape index (κ3) is 12.4. The van der Waals surface area contributed by atoms with Crippen LogP contribution in [-0.4, -0.2) is 29.5 Å². The van der Waals surface area contributed by atoms with Crippen molar-refractivity contribution in [1.29, 1.82) is 0 Å². The normalized spacial score (nSPS) is 14.9. The van der Waals surface area contributed by atoms with Gasteiger partial charge in [0.1, 0.15) is 12.4 Å². The molecule has 0 spiro atoms. The van der Waals surface area contributed by atoms with Crippen molar-refractivity contribution in [2.45, 2.75) is 164 Å². The second-order valence-electron chi connectivity index (χ2n) is 14.9. The van der Waals surface area contributed by atoms with Gasteiger partial charge < -0.3 is 14.9 Å². The van der Waals surface area contributed by atoms with Gasteiger partial charge >= 0.3 is 0 Å². The fourth-order valence-electron chi connectivity index (χ4n) is 6.87. The van der Waals surface area contributed by atoms with E-state index in [1.165, 1.54) is 86.5 Å². The van der Waals surface area contributed by atoms with Crippen molar-refractivity contribution in [1.82, 2.24) is 0 Å². The molecule has 2 N–H and O–H groups in total. The summed E-state index contributed by atoms with van der Waals surface area (Å²) in [7, 11) is 0. The van der Waals surface area contributed by atoms with E-state index in [0.29, 0.717) is 17.8 Å². The number of aryl methyl sites for hydroxylation is 3. The summed E-state index contributed by atoms with van der Waals surface area (Å²) in [6.07, 6.45) is 16.8. The Bertz CT molecular complexity index is 1100. The molecule has 2 aromatic rings. The van der Waals surface area contributed by atoms with E-state index in [4.69, 9.17) is 9.84 Å². The van der Waals surface area contributed by atoms with Crippen LogP contribution in [0, 0.1) is 31.1 Å². The summed E-state index contributed by atoms with van der Waals surface area (Å²) in [5.74, 6) is 2.65. The van der Waals surface area contributed by atoms with Crippen molar-refractivity contribution >= 4 is 0 Å². The van der Waals surface area contributed by atoms with E-state index in [0.717, 1.165) is 36.5 Å². The molecule has 45 heavy (non-hydrogen) atoms. The molecule has 3 heteroatoms.